The van der Waals surface area contributed by atoms with Gasteiger partial charge in [0.15, 0.2) is 0 Å². The van der Waals surface area contributed by atoms with Crippen LogP contribution in [0.15, 0.2) is 12.4 Å². The van der Waals surface area contributed by atoms with Crippen molar-refractivity contribution >= 4 is 5.82 Å². The first-order chi connectivity index (χ1) is 7.25. The lowest BCUT2D eigenvalue weighted by atomic mass is 10.2. The van der Waals surface area contributed by atoms with Crippen molar-refractivity contribution in [3.8, 4) is 0 Å². The molecule has 1 aromatic heterocycles. The number of hydrogen-bond acceptors (Lipinski definition) is 4. The minimum Gasteiger partial charge on any atom is -0.358 e. The van der Waals surface area contributed by atoms with E-state index in [-0.39, 0.29) is 0 Å². The summed E-state index contributed by atoms with van der Waals surface area (Å²) in [6.07, 6.45) is 4.19. The predicted octanol–water partition coefficient (Wildman–Crippen LogP) is 0.973. The second-order valence-corrected chi connectivity index (χ2v) is 4.19. The van der Waals surface area contributed by atoms with Gasteiger partial charge in [-0.2, -0.15) is 0 Å². The molecular weight excluding hydrogens is 188 g/mol. The first kappa shape index (κ1) is 10.4. The van der Waals surface area contributed by atoms with E-state index in [9.17, 15) is 0 Å². The number of aromatic nitrogens is 2. The topological polar surface area (TPSA) is 41.0 Å². The number of nitrogens with one attached hydrogen (secondary N) is 1. The summed E-state index contributed by atoms with van der Waals surface area (Å²) in [6.45, 7) is 4.17. The van der Waals surface area contributed by atoms with Gasteiger partial charge >= 0.3 is 0 Å². The van der Waals surface area contributed by atoms with Crippen LogP contribution < -0.4 is 10.2 Å². The Morgan fingerprint density at radius 1 is 1.53 bits per heavy atom. The van der Waals surface area contributed by atoms with Gasteiger partial charge in [-0.05, 0) is 26.3 Å². The lowest BCUT2D eigenvalue weighted by Gasteiger charge is -2.22. The lowest BCUT2D eigenvalue weighted by Crippen LogP contribution is -2.35. The highest BCUT2D eigenvalue weighted by atomic mass is 15.2. The normalized spacial score (nSPS) is 20.5. The van der Waals surface area contributed by atoms with Crippen molar-refractivity contribution in [2.24, 2.45) is 0 Å². The summed E-state index contributed by atoms with van der Waals surface area (Å²) in [5.74, 6) is 1.01. The van der Waals surface area contributed by atoms with Crippen LogP contribution in [0.1, 0.15) is 18.5 Å². The van der Waals surface area contributed by atoms with Crippen molar-refractivity contribution in [3.05, 3.63) is 18.1 Å². The minimum atomic E-state index is 0.616. The van der Waals surface area contributed by atoms with E-state index in [1.165, 1.54) is 12.8 Å². The highest BCUT2D eigenvalue weighted by Crippen LogP contribution is 2.12. The van der Waals surface area contributed by atoms with Crippen LogP contribution in [0.2, 0.25) is 0 Å². The van der Waals surface area contributed by atoms with Gasteiger partial charge in [0.25, 0.3) is 0 Å². The Bertz CT molecular complexity index is 320. The molecule has 0 aliphatic carbocycles. The Kier molecular flexibility index (Phi) is 3.16. The molecule has 1 atom stereocenters. The largest absolute Gasteiger partial charge is 0.358 e. The quantitative estimate of drug-likeness (QED) is 0.800. The molecule has 1 N–H and O–H groups in total. The first-order valence-electron chi connectivity index (χ1n) is 5.49. The number of rotatable bonds is 3. The molecule has 0 spiro atoms. The van der Waals surface area contributed by atoms with E-state index in [0.717, 1.165) is 24.6 Å². The Hall–Kier alpha value is -1.16. The highest BCUT2D eigenvalue weighted by Gasteiger charge is 2.16. The molecule has 0 aromatic carbocycles. The minimum absolute atomic E-state index is 0.616. The maximum absolute atomic E-state index is 4.27. The summed E-state index contributed by atoms with van der Waals surface area (Å²) >= 11 is 0. The smallest absolute Gasteiger partial charge is 0.131 e. The molecule has 4 nitrogen and oxygen atoms in total. The van der Waals surface area contributed by atoms with E-state index in [2.05, 4.69) is 27.2 Å². The van der Waals surface area contributed by atoms with Crippen LogP contribution in [-0.2, 0) is 0 Å². The van der Waals surface area contributed by atoms with E-state index < -0.39 is 0 Å². The zero-order valence-corrected chi connectivity index (χ0v) is 9.40. The van der Waals surface area contributed by atoms with Gasteiger partial charge in [0.2, 0.25) is 0 Å². The summed E-state index contributed by atoms with van der Waals surface area (Å²) in [6, 6.07) is 2.64. The van der Waals surface area contributed by atoms with Crippen LogP contribution in [0.25, 0.3) is 0 Å². The van der Waals surface area contributed by atoms with Gasteiger partial charge in [0, 0.05) is 31.4 Å². The fourth-order valence-electron chi connectivity index (χ4n) is 1.99. The standard InChI is InChI=1S/C11H18N4/c1-9-6-11(14-8-13-9)15(2)7-10-4-3-5-12-10/h6,8,10,12H,3-5,7H2,1-2H3. The number of hydrogen-bond donors (Lipinski definition) is 1. The third-order valence-corrected chi connectivity index (χ3v) is 2.84. The molecule has 1 saturated heterocycles. The molecule has 0 bridgehead atoms. The van der Waals surface area contributed by atoms with E-state index in [4.69, 9.17) is 0 Å². The van der Waals surface area contributed by atoms with Crippen LogP contribution in [-0.4, -0.2) is 36.1 Å². The second kappa shape index (κ2) is 4.57. The average Bonchev–Trinajstić information content (AvgIpc) is 2.70. The molecule has 0 amide bonds. The van der Waals surface area contributed by atoms with Crippen molar-refractivity contribution < 1.29 is 0 Å². The van der Waals surface area contributed by atoms with Crippen molar-refractivity contribution in [3.63, 3.8) is 0 Å². The maximum atomic E-state index is 4.27. The van der Waals surface area contributed by atoms with Gasteiger partial charge in [-0.3, -0.25) is 0 Å². The molecule has 2 heterocycles. The van der Waals surface area contributed by atoms with Gasteiger partial charge in [-0.1, -0.05) is 0 Å². The third-order valence-electron chi connectivity index (χ3n) is 2.84. The molecule has 15 heavy (non-hydrogen) atoms. The van der Waals surface area contributed by atoms with Crippen molar-refractivity contribution in [2.75, 3.05) is 25.0 Å². The van der Waals surface area contributed by atoms with Crippen LogP contribution in [0.5, 0.6) is 0 Å². The Morgan fingerprint density at radius 3 is 3.07 bits per heavy atom. The molecular formula is C11H18N4. The zero-order chi connectivity index (χ0) is 10.7. The number of nitrogens with zero attached hydrogens (tertiary/aromatic N) is 3. The Labute approximate surface area is 90.7 Å². The van der Waals surface area contributed by atoms with Gasteiger partial charge in [-0.25, -0.2) is 9.97 Å². The summed E-state index contributed by atoms with van der Waals surface area (Å²) in [5.41, 5.74) is 1.02. The van der Waals surface area contributed by atoms with Crippen molar-refractivity contribution in [1.82, 2.24) is 15.3 Å². The molecule has 0 saturated carbocycles. The molecule has 1 aliphatic rings. The van der Waals surface area contributed by atoms with Crippen LogP contribution in [0.3, 0.4) is 0 Å². The van der Waals surface area contributed by atoms with E-state index in [0.29, 0.717) is 6.04 Å². The molecule has 1 aliphatic heterocycles. The van der Waals surface area contributed by atoms with Gasteiger partial charge in [-0.15, -0.1) is 0 Å². The molecule has 1 aromatic rings. The fourth-order valence-corrected chi connectivity index (χ4v) is 1.99. The Morgan fingerprint density at radius 2 is 2.40 bits per heavy atom. The summed E-state index contributed by atoms with van der Waals surface area (Å²) in [4.78, 5) is 10.6. The van der Waals surface area contributed by atoms with E-state index in [1.807, 2.05) is 13.0 Å². The monoisotopic (exact) mass is 206 g/mol. The van der Waals surface area contributed by atoms with Crippen LogP contribution in [0, 0.1) is 6.92 Å². The second-order valence-electron chi connectivity index (χ2n) is 4.19. The molecule has 1 fully saturated rings. The first-order valence-corrected chi connectivity index (χ1v) is 5.49. The highest BCUT2D eigenvalue weighted by molar-refractivity contribution is 5.37. The van der Waals surface area contributed by atoms with Gasteiger partial charge in [0.1, 0.15) is 12.1 Å². The fraction of sp³-hybridized carbons (Fsp3) is 0.636. The molecule has 82 valence electrons. The van der Waals surface area contributed by atoms with E-state index >= 15 is 0 Å². The average molecular weight is 206 g/mol. The number of likely N-dealkylation sites (N-methyl/N-ethyl adjacent to an activating group) is 1. The van der Waals surface area contributed by atoms with Gasteiger partial charge in [0.05, 0.1) is 0 Å². The van der Waals surface area contributed by atoms with Crippen molar-refractivity contribution in [1.29, 1.82) is 0 Å². The third kappa shape index (κ3) is 2.65. The molecule has 4 heteroatoms. The molecule has 0 radical (unpaired) electrons. The van der Waals surface area contributed by atoms with Crippen LogP contribution >= 0.6 is 0 Å². The van der Waals surface area contributed by atoms with Crippen molar-refractivity contribution in [2.45, 2.75) is 25.8 Å². The number of anilines is 1. The van der Waals surface area contributed by atoms with Gasteiger partial charge < -0.3 is 10.2 Å². The molecule has 2 rings (SSSR count). The summed E-state index contributed by atoms with van der Waals surface area (Å²) in [7, 11) is 2.09. The van der Waals surface area contributed by atoms with E-state index in [1.54, 1.807) is 6.33 Å². The zero-order valence-electron chi connectivity index (χ0n) is 9.40. The summed E-state index contributed by atoms with van der Waals surface area (Å²) < 4.78 is 0. The maximum Gasteiger partial charge on any atom is 0.131 e. The predicted molar refractivity (Wildman–Crippen MR) is 61.1 cm³/mol. The Balaban J connectivity index is 1.97. The lowest BCUT2D eigenvalue weighted by molar-refractivity contribution is 0.597. The number of aryl methyl sites for hydroxylation is 1. The molecule has 1 unspecified atom stereocenters. The summed E-state index contributed by atoms with van der Waals surface area (Å²) in [5, 5.41) is 3.49. The van der Waals surface area contributed by atoms with Crippen LogP contribution in [0.4, 0.5) is 5.82 Å². The SMILES string of the molecule is Cc1cc(N(C)CC2CCCN2)ncn1.